The number of halogens is 1. The molecule has 1 aromatic rings. The predicted octanol–water partition coefficient (Wildman–Crippen LogP) is 2.56. The number of aliphatic imine (C=N–C) groups is 1. The van der Waals surface area contributed by atoms with Crippen molar-refractivity contribution in [1.82, 2.24) is 4.90 Å². The predicted molar refractivity (Wildman–Crippen MR) is 105 cm³/mol. The minimum atomic E-state index is -3.17. The Kier molecular flexibility index (Phi) is 7.31. The Morgan fingerprint density at radius 1 is 1.35 bits per heavy atom. The van der Waals surface area contributed by atoms with E-state index in [4.69, 9.17) is 5.73 Å². The maximum Gasteiger partial charge on any atom is 0.191 e. The molecule has 0 spiro atoms. The zero-order valence-electron chi connectivity index (χ0n) is 13.9. The lowest BCUT2D eigenvalue weighted by molar-refractivity contribution is 0.277. The number of nitrogens with zero attached hydrogens (tertiary/aromatic N) is 2. The van der Waals surface area contributed by atoms with Gasteiger partial charge in [0.1, 0.15) is 0 Å². The first kappa shape index (κ1) is 20.2. The fraction of sp³-hybridized carbons (Fsp3) is 0.562. The molecule has 2 N–H and O–H groups in total. The fourth-order valence-electron chi connectivity index (χ4n) is 2.74. The molecule has 1 aliphatic heterocycles. The quantitative estimate of drug-likeness (QED) is 0.436. The van der Waals surface area contributed by atoms with E-state index in [0.29, 0.717) is 17.4 Å². The molecule has 0 saturated carbocycles. The molecule has 0 unspecified atom stereocenters. The zero-order valence-corrected chi connectivity index (χ0v) is 17.1. The van der Waals surface area contributed by atoms with Crippen molar-refractivity contribution in [1.29, 1.82) is 0 Å². The minimum absolute atomic E-state index is 0. The Balaban J connectivity index is 0.00000264. The Bertz CT molecular complexity index is 666. The van der Waals surface area contributed by atoms with E-state index >= 15 is 0 Å². The Morgan fingerprint density at radius 2 is 1.96 bits per heavy atom. The van der Waals surface area contributed by atoms with Crippen molar-refractivity contribution in [3.8, 4) is 0 Å². The van der Waals surface area contributed by atoms with Crippen molar-refractivity contribution in [3.63, 3.8) is 0 Å². The van der Waals surface area contributed by atoms with Crippen LogP contribution in [0.2, 0.25) is 0 Å². The van der Waals surface area contributed by atoms with Gasteiger partial charge in [0.15, 0.2) is 15.8 Å². The first-order valence-electron chi connectivity index (χ1n) is 7.62. The fourth-order valence-corrected chi connectivity index (χ4v) is 3.69. The SMILES string of the molecule is Cc1cc(CN=C(N)N2CCC(C)CC2)ccc1S(C)(=O)=O.I. The normalized spacial score (nSPS) is 17.0. The van der Waals surface area contributed by atoms with Crippen molar-refractivity contribution in [2.24, 2.45) is 16.6 Å². The molecular weight excluding hydrogens is 425 g/mol. The summed E-state index contributed by atoms with van der Waals surface area (Å²) < 4.78 is 23.2. The highest BCUT2D eigenvalue weighted by molar-refractivity contribution is 14.0. The summed E-state index contributed by atoms with van der Waals surface area (Å²) in [5, 5.41) is 0. The number of sulfone groups is 1. The van der Waals surface area contributed by atoms with Crippen LogP contribution in [-0.4, -0.2) is 38.6 Å². The van der Waals surface area contributed by atoms with Crippen LogP contribution in [0.4, 0.5) is 0 Å². The summed E-state index contributed by atoms with van der Waals surface area (Å²) in [6.45, 7) is 6.46. The van der Waals surface area contributed by atoms with Crippen molar-refractivity contribution < 1.29 is 8.42 Å². The average Bonchev–Trinajstić information content (AvgIpc) is 2.44. The van der Waals surface area contributed by atoms with Crippen molar-refractivity contribution in [2.45, 2.75) is 38.1 Å². The average molecular weight is 451 g/mol. The van der Waals surface area contributed by atoms with Gasteiger partial charge in [-0.15, -0.1) is 24.0 Å². The zero-order chi connectivity index (χ0) is 16.3. The van der Waals surface area contributed by atoms with Gasteiger partial charge in [-0.3, -0.25) is 0 Å². The summed E-state index contributed by atoms with van der Waals surface area (Å²) in [7, 11) is -3.17. The van der Waals surface area contributed by atoms with Crippen LogP contribution >= 0.6 is 24.0 Å². The second-order valence-electron chi connectivity index (χ2n) is 6.22. The van der Waals surface area contributed by atoms with Crippen LogP contribution in [0.15, 0.2) is 28.1 Å². The molecule has 0 bridgehead atoms. The standard InChI is InChI=1S/C16H25N3O2S.HI/c1-12-6-8-19(9-7-12)16(17)18-11-14-4-5-15(13(2)10-14)22(3,20)21;/h4-5,10,12H,6-9,11H2,1-3H3,(H2,17,18);1H. The first-order valence-corrected chi connectivity index (χ1v) is 9.51. The van der Waals surface area contributed by atoms with Crippen LogP contribution in [0.3, 0.4) is 0 Å². The molecule has 0 aromatic heterocycles. The lowest BCUT2D eigenvalue weighted by Gasteiger charge is -2.31. The van der Waals surface area contributed by atoms with Crippen LogP contribution in [0.25, 0.3) is 0 Å². The molecule has 0 amide bonds. The van der Waals surface area contributed by atoms with E-state index in [2.05, 4.69) is 16.8 Å². The number of benzene rings is 1. The molecule has 2 rings (SSSR count). The highest BCUT2D eigenvalue weighted by atomic mass is 127. The van der Waals surface area contributed by atoms with Crippen LogP contribution in [0.1, 0.15) is 30.9 Å². The topological polar surface area (TPSA) is 75.8 Å². The summed E-state index contributed by atoms with van der Waals surface area (Å²) in [4.78, 5) is 6.94. The van der Waals surface area contributed by atoms with Gasteiger partial charge in [0, 0.05) is 19.3 Å². The highest BCUT2D eigenvalue weighted by Crippen LogP contribution is 2.18. The molecule has 5 nitrogen and oxygen atoms in total. The van der Waals surface area contributed by atoms with Gasteiger partial charge in [0.05, 0.1) is 11.4 Å². The number of hydrogen-bond donors (Lipinski definition) is 1. The lowest BCUT2D eigenvalue weighted by Crippen LogP contribution is -2.42. The summed E-state index contributed by atoms with van der Waals surface area (Å²) in [6, 6.07) is 5.32. The second kappa shape index (κ2) is 8.32. The van der Waals surface area contributed by atoms with Gasteiger partial charge in [0.2, 0.25) is 0 Å². The second-order valence-corrected chi connectivity index (χ2v) is 8.20. The van der Waals surface area contributed by atoms with Gasteiger partial charge in [0.25, 0.3) is 0 Å². The largest absolute Gasteiger partial charge is 0.370 e. The molecule has 0 aliphatic carbocycles. The van der Waals surface area contributed by atoms with Crippen molar-refractivity contribution in [3.05, 3.63) is 29.3 Å². The molecular formula is C16H26IN3O2S. The molecule has 23 heavy (non-hydrogen) atoms. The van der Waals surface area contributed by atoms with E-state index in [1.54, 1.807) is 19.1 Å². The molecule has 1 heterocycles. The Labute approximate surface area is 156 Å². The monoisotopic (exact) mass is 451 g/mol. The number of hydrogen-bond acceptors (Lipinski definition) is 3. The number of nitrogens with two attached hydrogens (primary N) is 1. The molecule has 0 atom stereocenters. The molecule has 130 valence electrons. The maximum absolute atomic E-state index is 11.6. The molecule has 7 heteroatoms. The van der Waals surface area contributed by atoms with Crippen LogP contribution in [0, 0.1) is 12.8 Å². The molecule has 1 saturated heterocycles. The van der Waals surface area contributed by atoms with Crippen LogP contribution in [-0.2, 0) is 16.4 Å². The van der Waals surface area contributed by atoms with Crippen molar-refractivity contribution in [2.75, 3.05) is 19.3 Å². The van der Waals surface area contributed by atoms with E-state index in [1.165, 1.54) is 6.26 Å². The van der Waals surface area contributed by atoms with Gasteiger partial charge in [-0.25, -0.2) is 13.4 Å². The summed E-state index contributed by atoms with van der Waals surface area (Å²) in [5.74, 6) is 1.34. The smallest absolute Gasteiger partial charge is 0.191 e. The Hall–Kier alpha value is -0.830. The van der Waals surface area contributed by atoms with E-state index < -0.39 is 9.84 Å². The van der Waals surface area contributed by atoms with Crippen molar-refractivity contribution >= 4 is 39.8 Å². The third-order valence-electron chi connectivity index (χ3n) is 4.17. The number of likely N-dealkylation sites (tertiary alicyclic amines) is 1. The lowest BCUT2D eigenvalue weighted by atomic mass is 10.00. The maximum atomic E-state index is 11.6. The summed E-state index contributed by atoms with van der Waals surface area (Å²) in [6.07, 6.45) is 3.53. The van der Waals surface area contributed by atoms with E-state index in [-0.39, 0.29) is 24.0 Å². The van der Waals surface area contributed by atoms with Gasteiger partial charge in [-0.1, -0.05) is 19.1 Å². The first-order chi connectivity index (χ1) is 10.3. The van der Waals surface area contributed by atoms with Gasteiger partial charge in [-0.05, 0) is 42.9 Å². The Morgan fingerprint density at radius 3 is 2.48 bits per heavy atom. The third kappa shape index (κ3) is 5.63. The number of rotatable bonds is 3. The van der Waals surface area contributed by atoms with Gasteiger partial charge in [-0.2, -0.15) is 0 Å². The highest BCUT2D eigenvalue weighted by Gasteiger charge is 2.17. The minimum Gasteiger partial charge on any atom is -0.370 e. The summed E-state index contributed by atoms with van der Waals surface area (Å²) >= 11 is 0. The molecule has 0 radical (unpaired) electrons. The van der Waals surface area contributed by atoms with Gasteiger partial charge >= 0.3 is 0 Å². The molecule has 1 aromatic carbocycles. The number of aryl methyl sites for hydroxylation is 1. The van der Waals surface area contributed by atoms with E-state index in [1.807, 2.05) is 6.07 Å². The number of piperidine rings is 1. The van der Waals surface area contributed by atoms with Crippen LogP contribution in [0.5, 0.6) is 0 Å². The van der Waals surface area contributed by atoms with Crippen LogP contribution < -0.4 is 5.73 Å². The van der Waals surface area contributed by atoms with E-state index in [9.17, 15) is 8.42 Å². The molecule has 1 fully saturated rings. The third-order valence-corrected chi connectivity index (χ3v) is 5.43. The summed E-state index contributed by atoms with van der Waals surface area (Å²) in [5.41, 5.74) is 7.78. The molecule has 1 aliphatic rings. The van der Waals surface area contributed by atoms with E-state index in [0.717, 1.165) is 43.0 Å². The number of guanidine groups is 1. The van der Waals surface area contributed by atoms with Gasteiger partial charge < -0.3 is 10.6 Å².